The maximum absolute atomic E-state index is 10.9. The molecule has 0 spiro atoms. The van der Waals surface area contributed by atoms with Gasteiger partial charge >= 0.3 is 0 Å². The fourth-order valence-corrected chi connectivity index (χ4v) is 4.92. The Morgan fingerprint density at radius 3 is 1.96 bits per heavy atom. The SMILES string of the molecule is CCCc1ccc(C2CCC(C3CCC(C=O)CC3)CC2)cc1. The molecule has 0 N–H and O–H groups in total. The average molecular weight is 312 g/mol. The van der Waals surface area contributed by atoms with Crippen molar-refractivity contribution in [2.45, 2.75) is 77.0 Å². The molecule has 0 saturated heterocycles. The summed E-state index contributed by atoms with van der Waals surface area (Å²) in [7, 11) is 0. The zero-order valence-electron chi connectivity index (χ0n) is 14.7. The summed E-state index contributed by atoms with van der Waals surface area (Å²) in [6.07, 6.45) is 14.0. The lowest BCUT2D eigenvalue weighted by molar-refractivity contribution is -0.112. The van der Waals surface area contributed by atoms with Crippen molar-refractivity contribution in [3.8, 4) is 0 Å². The van der Waals surface area contributed by atoms with Gasteiger partial charge in [-0.15, -0.1) is 0 Å². The first-order valence-corrected chi connectivity index (χ1v) is 9.84. The molecule has 0 radical (unpaired) electrons. The van der Waals surface area contributed by atoms with Gasteiger partial charge in [0.2, 0.25) is 0 Å². The molecule has 23 heavy (non-hydrogen) atoms. The number of aldehydes is 1. The summed E-state index contributed by atoms with van der Waals surface area (Å²) < 4.78 is 0. The summed E-state index contributed by atoms with van der Waals surface area (Å²) in [5.41, 5.74) is 3.05. The lowest BCUT2D eigenvalue weighted by Gasteiger charge is -2.37. The van der Waals surface area contributed by atoms with E-state index < -0.39 is 0 Å². The van der Waals surface area contributed by atoms with Gasteiger partial charge in [0.25, 0.3) is 0 Å². The van der Waals surface area contributed by atoms with Crippen LogP contribution >= 0.6 is 0 Å². The number of hydrogen-bond donors (Lipinski definition) is 0. The zero-order chi connectivity index (χ0) is 16.1. The van der Waals surface area contributed by atoms with Crippen LogP contribution in [0.2, 0.25) is 0 Å². The van der Waals surface area contributed by atoms with Crippen molar-refractivity contribution in [3.05, 3.63) is 35.4 Å². The van der Waals surface area contributed by atoms with Gasteiger partial charge in [0.1, 0.15) is 6.29 Å². The van der Waals surface area contributed by atoms with Crippen LogP contribution in [0.1, 0.15) is 81.8 Å². The van der Waals surface area contributed by atoms with Crippen LogP contribution in [0.15, 0.2) is 24.3 Å². The van der Waals surface area contributed by atoms with Crippen LogP contribution in [-0.4, -0.2) is 6.29 Å². The molecule has 2 saturated carbocycles. The molecule has 3 rings (SSSR count). The van der Waals surface area contributed by atoms with Crippen LogP contribution in [-0.2, 0) is 11.2 Å². The maximum Gasteiger partial charge on any atom is 0.123 e. The predicted molar refractivity (Wildman–Crippen MR) is 96.6 cm³/mol. The highest BCUT2D eigenvalue weighted by atomic mass is 16.1. The van der Waals surface area contributed by atoms with Crippen molar-refractivity contribution in [3.63, 3.8) is 0 Å². The van der Waals surface area contributed by atoms with Crippen LogP contribution in [0.5, 0.6) is 0 Å². The van der Waals surface area contributed by atoms with E-state index in [1.807, 2.05) is 0 Å². The molecule has 126 valence electrons. The third kappa shape index (κ3) is 4.25. The van der Waals surface area contributed by atoms with Gasteiger partial charge in [-0.3, -0.25) is 0 Å². The van der Waals surface area contributed by atoms with Gasteiger partial charge in [0.15, 0.2) is 0 Å². The highest BCUT2D eigenvalue weighted by Crippen LogP contribution is 2.43. The number of benzene rings is 1. The van der Waals surface area contributed by atoms with Crippen LogP contribution < -0.4 is 0 Å². The summed E-state index contributed by atoms with van der Waals surface area (Å²) in [6, 6.07) is 9.44. The number of carbonyl (C=O) groups excluding carboxylic acids is 1. The van der Waals surface area contributed by atoms with Gasteiger partial charge in [0.05, 0.1) is 0 Å². The molecule has 0 bridgehead atoms. The summed E-state index contributed by atoms with van der Waals surface area (Å²) >= 11 is 0. The van der Waals surface area contributed by atoms with E-state index in [-0.39, 0.29) is 0 Å². The van der Waals surface area contributed by atoms with Gasteiger partial charge in [-0.05, 0) is 86.7 Å². The first-order chi connectivity index (χ1) is 11.3. The Kier molecular flexibility index (Phi) is 5.91. The molecule has 1 aromatic rings. The van der Waals surface area contributed by atoms with Crippen molar-refractivity contribution < 1.29 is 4.79 Å². The van der Waals surface area contributed by atoms with Gasteiger partial charge in [-0.1, -0.05) is 37.6 Å². The summed E-state index contributed by atoms with van der Waals surface area (Å²) in [4.78, 5) is 10.9. The van der Waals surface area contributed by atoms with E-state index in [1.54, 1.807) is 5.56 Å². The lowest BCUT2D eigenvalue weighted by atomic mass is 9.68. The molecule has 2 aliphatic carbocycles. The molecule has 0 aromatic heterocycles. The highest BCUT2D eigenvalue weighted by Gasteiger charge is 2.31. The van der Waals surface area contributed by atoms with Crippen molar-refractivity contribution >= 4 is 6.29 Å². The minimum absolute atomic E-state index is 0.365. The van der Waals surface area contributed by atoms with Gasteiger partial charge < -0.3 is 4.79 Å². The molecular weight excluding hydrogens is 280 g/mol. The molecule has 2 aliphatic rings. The third-order valence-corrected chi connectivity index (χ3v) is 6.44. The van der Waals surface area contributed by atoms with Crippen molar-refractivity contribution in [2.24, 2.45) is 17.8 Å². The summed E-state index contributed by atoms with van der Waals surface area (Å²) in [6.45, 7) is 2.25. The zero-order valence-corrected chi connectivity index (χ0v) is 14.7. The Hall–Kier alpha value is -1.11. The Balaban J connectivity index is 1.49. The molecule has 1 nitrogen and oxygen atoms in total. The molecule has 1 aromatic carbocycles. The Morgan fingerprint density at radius 2 is 1.43 bits per heavy atom. The van der Waals surface area contributed by atoms with E-state index in [1.165, 1.54) is 63.2 Å². The van der Waals surface area contributed by atoms with E-state index >= 15 is 0 Å². The van der Waals surface area contributed by atoms with E-state index in [4.69, 9.17) is 0 Å². The van der Waals surface area contributed by atoms with Gasteiger partial charge in [-0.25, -0.2) is 0 Å². The number of carbonyl (C=O) groups is 1. The quantitative estimate of drug-likeness (QED) is 0.617. The van der Waals surface area contributed by atoms with Crippen molar-refractivity contribution in [1.29, 1.82) is 0 Å². The van der Waals surface area contributed by atoms with Crippen LogP contribution in [0.3, 0.4) is 0 Å². The van der Waals surface area contributed by atoms with Gasteiger partial charge in [0, 0.05) is 5.92 Å². The normalized spacial score (nSPS) is 31.7. The molecule has 0 unspecified atom stereocenters. The number of hydrogen-bond acceptors (Lipinski definition) is 1. The Labute approximate surface area is 141 Å². The minimum atomic E-state index is 0.365. The predicted octanol–water partition coefficient (Wildman–Crippen LogP) is 5.92. The first kappa shape index (κ1) is 16.7. The van der Waals surface area contributed by atoms with E-state index in [2.05, 4.69) is 31.2 Å². The average Bonchev–Trinajstić information content (AvgIpc) is 2.63. The number of rotatable bonds is 5. The monoisotopic (exact) mass is 312 g/mol. The lowest BCUT2D eigenvalue weighted by Crippen LogP contribution is -2.25. The second-order valence-corrected chi connectivity index (χ2v) is 7.91. The fourth-order valence-electron chi connectivity index (χ4n) is 4.92. The second kappa shape index (κ2) is 8.13. The molecule has 0 heterocycles. The maximum atomic E-state index is 10.9. The van der Waals surface area contributed by atoms with E-state index in [0.717, 1.165) is 30.6 Å². The minimum Gasteiger partial charge on any atom is -0.303 e. The molecule has 1 heteroatoms. The standard InChI is InChI=1S/C22H32O/c1-2-3-17-4-8-19(9-5-17)21-12-14-22(15-13-21)20-10-6-18(16-23)7-11-20/h4-5,8-9,16,18,20-22H,2-3,6-7,10-15H2,1H3. The summed E-state index contributed by atoms with van der Waals surface area (Å²) in [5, 5.41) is 0. The molecule has 0 atom stereocenters. The van der Waals surface area contributed by atoms with Crippen LogP contribution in [0.4, 0.5) is 0 Å². The second-order valence-electron chi connectivity index (χ2n) is 7.91. The van der Waals surface area contributed by atoms with Crippen LogP contribution in [0, 0.1) is 17.8 Å². The highest BCUT2D eigenvalue weighted by molar-refractivity contribution is 5.53. The summed E-state index contributed by atoms with van der Waals surface area (Å²) in [5.74, 6) is 2.98. The largest absolute Gasteiger partial charge is 0.303 e. The van der Waals surface area contributed by atoms with E-state index in [9.17, 15) is 4.79 Å². The topological polar surface area (TPSA) is 17.1 Å². The molecule has 2 fully saturated rings. The molecule has 0 aliphatic heterocycles. The Morgan fingerprint density at radius 1 is 0.870 bits per heavy atom. The Bertz CT molecular complexity index is 473. The molecular formula is C22H32O. The molecule has 0 amide bonds. The first-order valence-electron chi connectivity index (χ1n) is 9.84. The number of aryl methyl sites for hydroxylation is 1. The van der Waals surface area contributed by atoms with E-state index in [0.29, 0.717) is 5.92 Å². The van der Waals surface area contributed by atoms with Crippen LogP contribution in [0.25, 0.3) is 0 Å². The van der Waals surface area contributed by atoms with Crippen molar-refractivity contribution in [1.82, 2.24) is 0 Å². The van der Waals surface area contributed by atoms with Crippen molar-refractivity contribution in [2.75, 3.05) is 0 Å². The smallest absolute Gasteiger partial charge is 0.123 e. The third-order valence-electron chi connectivity index (χ3n) is 6.44. The van der Waals surface area contributed by atoms with Gasteiger partial charge in [-0.2, -0.15) is 0 Å². The fraction of sp³-hybridized carbons (Fsp3) is 0.682.